The molecule has 0 unspecified atom stereocenters. The van der Waals surface area contributed by atoms with Gasteiger partial charge < -0.3 is 19.7 Å². The monoisotopic (exact) mass is 706 g/mol. The van der Waals surface area contributed by atoms with Crippen molar-refractivity contribution in [2.75, 3.05) is 0 Å². The lowest BCUT2D eigenvalue weighted by Gasteiger charge is -2.20. The summed E-state index contributed by atoms with van der Waals surface area (Å²) in [7, 11) is 0. The molecule has 0 spiro atoms. The van der Waals surface area contributed by atoms with E-state index < -0.39 is 11.9 Å². The lowest BCUT2D eigenvalue weighted by Crippen LogP contribution is -2.07. The Hall–Kier alpha value is -7.18. The van der Waals surface area contributed by atoms with Gasteiger partial charge in [-0.05, 0) is 91.8 Å². The third-order valence-corrected chi connectivity index (χ3v) is 9.64. The van der Waals surface area contributed by atoms with Gasteiger partial charge in [0.1, 0.15) is 24.7 Å². The van der Waals surface area contributed by atoms with Gasteiger partial charge in [0.15, 0.2) is 0 Å². The number of fused-ring (bicyclic) bond motifs is 2. The molecule has 0 aliphatic heterocycles. The Labute approximate surface area is 312 Å². The van der Waals surface area contributed by atoms with Crippen molar-refractivity contribution in [3.63, 3.8) is 0 Å². The Balaban J connectivity index is 1.19. The Morgan fingerprint density at radius 1 is 0.444 bits per heavy atom. The average molecular weight is 707 g/mol. The quantitative estimate of drug-likeness (QED) is 0.139. The van der Waals surface area contributed by atoms with E-state index in [1.165, 1.54) is 0 Å². The molecule has 6 nitrogen and oxygen atoms in total. The van der Waals surface area contributed by atoms with Crippen molar-refractivity contribution in [1.29, 1.82) is 0 Å². The van der Waals surface area contributed by atoms with Crippen molar-refractivity contribution in [3.8, 4) is 44.9 Å². The molecule has 0 bridgehead atoms. The number of carboxylic acid groups (broad SMARTS) is 2. The van der Waals surface area contributed by atoms with E-state index in [2.05, 4.69) is 30.3 Å². The first kappa shape index (κ1) is 33.9. The summed E-state index contributed by atoms with van der Waals surface area (Å²) in [5.74, 6) is -0.707. The van der Waals surface area contributed by atoms with Gasteiger partial charge in [0.05, 0.1) is 11.1 Å². The van der Waals surface area contributed by atoms with Gasteiger partial charge in [-0.3, -0.25) is 0 Å². The number of hydrogen-bond acceptors (Lipinski definition) is 4. The van der Waals surface area contributed by atoms with Crippen molar-refractivity contribution in [2.45, 2.75) is 13.2 Å². The fourth-order valence-corrected chi connectivity index (χ4v) is 6.95. The number of ether oxygens (including phenoxy) is 2. The molecule has 0 aliphatic rings. The van der Waals surface area contributed by atoms with Crippen LogP contribution < -0.4 is 9.47 Å². The minimum absolute atomic E-state index is 0.0365. The van der Waals surface area contributed by atoms with Crippen molar-refractivity contribution in [2.24, 2.45) is 0 Å². The molecule has 54 heavy (non-hydrogen) atoms. The average Bonchev–Trinajstić information content (AvgIpc) is 3.22. The molecular formula is C48H34O6. The van der Waals surface area contributed by atoms with Crippen LogP contribution in [0.1, 0.15) is 31.8 Å². The first-order valence-corrected chi connectivity index (χ1v) is 17.6. The maximum atomic E-state index is 12.4. The normalized spacial score (nSPS) is 11.0. The minimum atomic E-state index is -1.02. The standard InChI is InChI=1S/C48H34O6/c49-47(50)36-19-17-33(18-20-36)37-14-8-9-31(27-37)29-53-43-25-22-34-12-4-6-15-40(34)45(43)46-41-16-7-5-13-35(41)23-26-44(46)54-30-39-28-38(21-24-42(39)48(51)52)32-10-2-1-3-11-32/h1-28H,29-30H2,(H,49,50)(H,51,52). The van der Waals surface area contributed by atoms with E-state index in [-0.39, 0.29) is 24.3 Å². The van der Waals surface area contributed by atoms with Crippen LogP contribution in [0.2, 0.25) is 0 Å². The summed E-state index contributed by atoms with van der Waals surface area (Å²) in [6.07, 6.45) is 0. The second-order valence-electron chi connectivity index (χ2n) is 13.0. The summed E-state index contributed by atoms with van der Waals surface area (Å²) in [4.78, 5) is 23.8. The van der Waals surface area contributed by atoms with Crippen LogP contribution in [0.3, 0.4) is 0 Å². The molecule has 0 saturated carbocycles. The molecular weight excluding hydrogens is 673 g/mol. The van der Waals surface area contributed by atoms with E-state index in [0.717, 1.165) is 60.5 Å². The smallest absolute Gasteiger partial charge is 0.336 e. The van der Waals surface area contributed by atoms with Crippen LogP contribution in [-0.4, -0.2) is 22.2 Å². The molecule has 0 amide bonds. The second-order valence-corrected chi connectivity index (χ2v) is 13.0. The summed E-state index contributed by atoms with van der Waals surface area (Å²) in [5, 5.41) is 23.5. The highest BCUT2D eigenvalue weighted by Gasteiger charge is 2.21. The van der Waals surface area contributed by atoms with Crippen LogP contribution in [0.4, 0.5) is 0 Å². The predicted molar refractivity (Wildman–Crippen MR) is 213 cm³/mol. The number of aromatic carboxylic acids is 2. The zero-order valence-corrected chi connectivity index (χ0v) is 29.1. The van der Waals surface area contributed by atoms with Crippen molar-refractivity contribution < 1.29 is 29.3 Å². The zero-order chi connectivity index (χ0) is 37.0. The van der Waals surface area contributed by atoms with E-state index in [1.807, 2.05) is 121 Å². The van der Waals surface area contributed by atoms with Gasteiger partial charge in [0.25, 0.3) is 0 Å². The number of rotatable bonds is 11. The third-order valence-electron chi connectivity index (χ3n) is 9.64. The van der Waals surface area contributed by atoms with E-state index in [4.69, 9.17) is 9.47 Å². The second kappa shape index (κ2) is 14.8. The Kier molecular flexibility index (Phi) is 9.31. The van der Waals surface area contributed by atoms with E-state index in [0.29, 0.717) is 17.1 Å². The molecule has 6 heteroatoms. The highest BCUT2D eigenvalue weighted by Crippen LogP contribution is 2.46. The molecule has 0 aliphatic carbocycles. The number of hydrogen-bond donors (Lipinski definition) is 2. The molecule has 2 N–H and O–H groups in total. The van der Waals surface area contributed by atoms with Crippen LogP contribution in [0, 0.1) is 0 Å². The molecule has 8 aromatic carbocycles. The zero-order valence-electron chi connectivity index (χ0n) is 29.1. The van der Waals surface area contributed by atoms with Crippen LogP contribution in [0.25, 0.3) is 54.9 Å². The highest BCUT2D eigenvalue weighted by atomic mass is 16.5. The van der Waals surface area contributed by atoms with Gasteiger partial charge in [-0.15, -0.1) is 0 Å². The van der Waals surface area contributed by atoms with E-state index in [1.54, 1.807) is 18.2 Å². The summed E-state index contributed by atoms with van der Waals surface area (Å²) in [5.41, 5.74) is 7.41. The van der Waals surface area contributed by atoms with Crippen LogP contribution in [0.15, 0.2) is 170 Å². The van der Waals surface area contributed by atoms with E-state index in [9.17, 15) is 19.8 Å². The summed E-state index contributed by atoms with van der Waals surface area (Å²) in [6, 6.07) is 54.4. The van der Waals surface area contributed by atoms with Crippen molar-refractivity contribution >= 4 is 33.5 Å². The minimum Gasteiger partial charge on any atom is -0.488 e. The van der Waals surface area contributed by atoms with Gasteiger partial charge in [0.2, 0.25) is 0 Å². The lowest BCUT2D eigenvalue weighted by atomic mass is 9.92. The third kappa shape index (κ3) is 6.88. The Morgan fingerprint density at radius 3 is 1.61 bits per heavy atom. The van der Waals surface area contributed by atoms with Gasteiger partial charge in [0, 0.05) is 16.7 Å². The maximum Gasteiger partial charge on any atom is 0.336 e. The largest absolute Gasteiger partial charge is 0.488 e. The molecule has 0 heterocycles. The molecule has 8 aromatic rings. The van der Waals surface area contributed by atoms with Crippen molar-refractivity contribution in [1.82, 2.24) is 0 Å². The van der Waals surface area contributed by atoms with Crippen LogP contribution in [0.5, 0.6) is 11.5 Å². The number of benzene rings is 8. The van der Waals surface area contributed by atoms with Gasteiger partial charge in [-0.2, -0.15) is 0 Å². The number of carboxylic acids is 2. The van der Waals surface area contributed by atoms with E-state index >= 15 is 0 Å². The molecule has 8 rings (SSSR count). The number of carbonyl (C=O) groups is 2. The lowest BCUT2D eigenvalue weighted by molar-refractivity contribution is 0.0684. The summed E-state index contributed by atoms with van der Waals surface area (Å²) in [6.45, 7) is 0.316. The molecule has 0 fully saturated rings. The molecule has 262 valence electrons. The summed E-state index contributed by atoms with van der Waals surface area (Å²) >= 11 is 0. The highest BCUT2D eigenvalue weighted by molar-refractivity contribution is 6.09. The van der Waals surface area contributed by atoms with Crippen molar-refractivity contribution in [3.05, 3.63) is 192 Å². The maximum absolute atomic E-state index is 12.4. The van der Waals surface area contributed by atoms with Gasteiger partial charge in [-0.25, -0.2) is 9.59 Å². The molecule has 0 saturated heterocycles. The van der Waals surface area contributed by atoms with Gasteiger partial charge >= 0.3 is 11.9 Å². The molecule has 0 radical (unpaired) electrons. The van der Waals surface area contributed by atoms with Gasteiger partial charge in [-0.1, -0.05) is 127 Å². The first-order valence-electron chi connectivity index (χ1n) is 17.6. The molecule has 0 atom stereocenters. The first-order chi connectivity index (χ1) is 26.4. The topological polar surface area (TPSA) is 93.1 Å². The summed E-state index contributed by atoms with van der Waals surface area (Å²) < 4.78 is 13.4. The van der Waals surface area contributed by atoms with Crippen LogP contribution in [-0.2, 0) is 13.2 Å². The predicted octanol–water partition coefficient (Wildman–Crippen LogP) is 11.5. The SMILES string of the molecule is O=C(O)c1ccc(-c2cccc(COc3ccc4ccccc4c3-c3c(OCc4cc(-c5ccccc5)ccc4C(=O)O)ccc4ccccc34)c2)cc1. The van der Waals surface area contributed by atoms with Crippen LogP contribution >= 0.6 is 0 Å². The fourth-order valence-electron chi connectivity index (χ4n) is 6.95. The molecule has 0 aromatic heterocycles. The Bertz CT molecular complexity index is 2660. The fraction of sp³-hybridized carbons (Fsp3) is 0.0417. The Morgan fingerprint density at radius 2 is 0.981 bits per heavy atom.